The highest BCUT2D eigenvalue weighted by Crippen LogP contribution is 2.35. The summed E-state index contributed by atoms with van der Waals surface area (Å²) in [5, 5.41) is 12.8. The van der Waals surface area contributed by atoms with Crippen molar-refractivity contribution in [2.45, 2.75) is 6.42 Å². The van der Waals surface area contributed by atoms with Gasteiger partial charge in [0.15, 0.2) is 6.61 Å². The summed E-state index contributed by atoms with van der Waals surface area (Å²) in [7, 11) is 3.31. The van der Waals surface area contributed by atoms with Crippen LogP contribution in [0, 0.1) is 17.8 Å². The number of rotatable bonds is 5. The van der Waals surface area contributed by atoms with Gasteiger partial charge in [-0.25, -0.2) is 0 Å². The Morgan fingerprint density at radius 2 is 2.00 bits per heavy atom. The third-order valence-corrected chi connectivity index (χ3v) is 4.03. The largest absolute Gasteiger partial charge is 0.486 e. The maximum atomic E-state index is 11.6. The van der Waals surface area contributed by atoms with Crippen LogP contribution in [-0.4, -0.2) is 31.5 Å². The number of allylic oxidation sites excluding steroid dienone is 3. The monoisotopic (exact) mass is 364 g/mol. The minimum absolute atomic E-state index is 0.100. The fourth-order valence-corrected chi connectivity index (χ4v) is 2.46. The Balaban J connectivity index is 2.15. The molecule has 0 fully saturated rings. The number of carbonyl (C=O) groups is 1. The average Bonchev–Trinajstić information content (AvgIpc) is 2.58. The van der Waals surface area contributed by atoms with Crippen LogP contribution in [0.2, 0.25) is 0 Å². The van der Waals surface area contributed by atoms with Crippen LogP contribution in [0.25, 0.3) is 0 Å². The molecule has 0 spiro atoms. The van der Waals surface area contributed by atoms with Gasteiger partial charge in [-0.3, -0.25) is 4.79 Å². The van der Waals surface area contributed by atoms with Crippen molar-refractivity contribution in [2.24, 2.45) is 0 Å². The summed E-state index contributed by atoms with van der Waals surface area (Å²) >= 11 is 12.6. The summed E-state index contributed by atoms with van der Waals surface area (Å²) in [6, 6.07) is 8.96. The van der Waals surface area contributed by atoms with Gasteiger partial charge in [0.25, 0.3) is 5.91 Å². The molecule has 1 aromatic carbocycles. The molecule has 1 N–H and O–H groups in total. The molecule has 0 saturated carbocycles. The van der Waals surface area contributed by atoms with Gasteiger partial charge >= 0.3 is 0 Å². The number of halogens is 2. The third kappa shape index (κ3) is 4.44. The van der Waals surface area contributed by atoms with E-state index in [0.29, 0.717) is 33.5 Å². The second kappa shape index (κ2) is 8.09. The summed E-state index contributed by atoms with van der Waals surface area (Å²) < 4.78 is 5.50. The minimum atomic E-state index is -0.164. The van der Waals surface area contributed by atoms with Crippen molar-refractivity contribution in [3.63, 3.8) is 0 Å². The Morgan fingerprint density at radius 1 is 1.33 bits per heavy atom. The highest BCUT2D eigenvalue weighted by atomic mass is 35.5. The van der Waals surface area contributed by atoms with Crippen LogP contribution >= 0.6 is 23.2 Å². The molecule has 0 saturated heterocycles. The molecule has 0 bridgehead atoms. The Labute approximate surface area is 151 Å². The number of benzene rings is 1. The summed E-state index contributed by atoms with van der Waals surface area (Å²) in [4.78, 5) is 13.1. The van der Waals surface area contributed by atoms with Gasteiger partial charge < -0.3 is 15.0 Å². The Bertz CT molecular complexity index is 731. The molecule has 125 valence electrons. The van der Waals surface area contributed by atoms with Crippen molar-refractivity contribution >= 4 is 34.8 Å². The van der Waals surface area contributed by atoms with Crippen LogP contribution in [0.5, 0.6) is 0 Å². The maximum absolute atomic E-state index is 11.6. The number of carbonyl (C=O) groups excluding carboxylic acids is 1. The van der Waals surface area contributed by atoms with E-state index in [0.717, 1.165) is 5.69 Å². The number of anilines is 1. The molecule has 5 nitrogen and oxygen atoms in total. The van der Waals surface area contributed by atoms with E-state index >= 15 is 0 Å². The van der Waals surface area contributed by atoms with Gasteiger partial charge in [0, 0.05) is 31.2 Å². The molecule has 1 radical (unpaired) electrons. The Hall–Kier alpha value is -2.16. The van der Waals surface area contributed by atoms with Gasteiger partial charge in [-0.05, 0) is 30.7 Å². The number of nitrogens with zero attached hydrogens (tertiary/aromatic N) is 2. The molecule has 0 aromatic heterocycles. The summed E-state index contributed by atoms with van der Waals surface area (Å²) in [5.74, 6) is 0.245. The fraction of sp³-hybridized carbons (Fsp3) is 0.235. The molecule has 0 heterocycles. The van der Waals surface area contributed by atoms with Crippen LogP contribution < -0.4 is 5.32 Å². The normalized spacial score (nSPS) is 14.3. The highest BCUT2D eigenvalue weighted by Gasteiger charge is 2.22. The van der Waals surface area contributed by atoms with E-state index in [9.17, 15) is 4.79 Å². The van der Waals surface area contributed by atoms with Crippen LogP contribution in [0.15, 0.2) is 45.8 Å². The molecule has 1 aliphatic carbocycles. The van der Waals surface area contributed by atoms with Gasteiger partial charge in [-0.15, -0.1) is 0 Å². The lowest BCUT2D eigenvalue weighted by Gasteiger charge is -2.22. The highest BCUT2D eigenvalue weighted by molar-refractivity contribution is 6.36. The lowest BCUT2D eigenvalue weighted by Crippen LogP contribution is -2.26. The molecule has 7 heteroatoms. The Kier molecular flexibility index (Phi) is 6.13. The zero-order chi connectivity index (χ0) is 17.7. The van der Waals surface area contributed by atoms with Crippen LogP contribution in [0.4, 0.5) is 5.69 Å². The number of nitriles is 1. The second-order valence-electron chi connectivity index (χ2n) is 5.26. The smallest absolute Gasteiger partial charge is 0.259 e. The molecule has 24 heavy (non-hydrogen) atoms. The standard InChI is InChI=1S/C17H16Cl2N3O2/c1-22(2)15(23)10-24-14-8-7-13(18)17(16(14)19)21-12-5-3-11(9-20)4-6-12/h3-6,8,21H,7,10H2,1-2H3. The fourth-order valence-electron chi connectivity index (χ4n) is 1.90. The first kappa shape index (κ1) is 18.2. The van der Waals surface area contributed by atoms with E-state index < -0.39 is 0 Å². The molecule has 0 unspecified atom stereocenters. The third-order valence-electron chi connectivity index (χ3n) is 3.31. The van der Waals surface area contributed by atoms with E-state index in [4.69, 9.17) is 33.2 Å². The van der Waals surface area contributed by atoms with Crippen molar-refractivity contribution in [1.29, 1.82) is 5.26 Å². The number of ether oxygens (including phenoxy) is 1. The van der Waals surface area contributed by atoms with Crippen LogP contribution in [0.3, 0.4) is 0 Å². The van der Waals surface area contributed by atoms with Crippen LogP contribution in [0.1, 0.15) is 12.0 Å². The molecule has 1 amide bonds. The summed E-state index contributed by atoms with van der Waals surface area (Å²) in [5.41, 5.74) is 1.83. The lowest BCUT2D eigenvalue weighted by atomic mass is 10.1. The maximum Gasteiger partial charge on any atom is 0.259 e. The quantitative estimate of drug-likeness (QED) is 0.866. The molecule has 0 aliphatic heterocycles. The molecule has 0 atom stereocenters. The first-order chi connectivity index (χ1) is 11.4. The van der Waals surface area contributed by atoms with Crippen molar-refractivity contribution in [1.82, 2.24) is 4.90 Å². The number of hydrogen-bond acceptors (Lipinski definition) is 4. The van der Waals surface area contributed by atoms with Crippen LogP contribution in [-0.2, 0) is 9.53 Å². The molecular formula is C17H16Cl2N3O2. The van der Waals surface area contributed by atoms with Crippen molar-refractivity contribution in [3.8, 4) is 6.07 Å². The second-order valence-corrected chi connectivity index (χ2v) is 6.09. The van der Waals surface area contributed by atoms with Gasteiger partial charge in [-0.1, -0.05) is 23.2 Å². The number of nitrogens with one attached hydrogen (secondary N) is 1. The molecule has 1 aliphatic rings. The van der Waals surface area contributed by atoms with E-state index in [2.05, 4.69) is 11.4 Å². The van der Waals surface area contributed by atoms with Gasteiger partial charge in [-0.2, -0.15) is 5.26 Å². The van der Waals surface area contributed by atoms with Gasteiger partial charge in [0.05, 0.1) is 17.3 Å². The van der Waals surface area contributed by atoms with E-state index in [-0.39, 0.29) is 12.5 Å². The molecule has 2 rings (SSSR count). The predicted molar refractivity (Wildman–Crippen MR) is 94.1 cm³/mol. The van der Waals surface area contributed by atoms with E-state index in [1.807, 2.05) is 0 Å². The van der Waals surface area contributed by atoms with Gasteiger partial charge in [0.1, 0.15) is 10.8 Å². The van der Waals surface area contributed by atoms with E-state index in [1.165, 1.54) is 4.90 Å². The first-order valence-corrected chi connectivity index (χ1v) is 7.90. The van der Waals surface area contributed by atoms with Crippen molar-refractivity contribution in [2.75, 3.05) is 26.0 Å². The Morgan fingerprint density at radius 3 is 2.58 bits per heavy atom. The number of hydrogen-bond donors (Lipinski definition) is 1. The zero-order valence-electron chi connectivity index (χ0n) is 13.3. The first-order valence-electron chi connectivity index (χ1n) is 7.14. The number of likely N-dealkylation sites (N-methyl/N-ethyl adjacent to an activating group) is 1. The SMILES string of the molecule is CN(C)C(=O)COC1=C(Cl)C(Nc2ccc(C#N)cc2)=C(Cl)C[CH]1. The van der Waals surface area contributed by atoms with E-state index in [1.54, 1.807) is 44.8 Å². The van der Waals surface area contributed by atoms with Gasteiger partial charge in [0.2, 0.25) is 0 Å². The van der Waals surface area contributed by atoms with Crippen molar-refractivity contribution < 1.29 is 9.53 Å². The summed E-state index contributed by atoms with van der Waals surface area (Å²) in [6.07, 6.45) is 2.18. The average molecular weight is 365 g/mol. The lowest BCUT2D eigenvalue weighted by molar-refractivity contribution is -0.132. The topological polar surface area (TPSA) is 65.4 Å². The molecule has 1 aromatic rings. The zero-order valence-corrected chi connectivity index (χ0v) is 14.8. The predicted octanol–water partition coefficient (Wildman–Crippen LogP) is 3.58. The number of amides is 1. The summed E-state index contributed by atoms with van der Waals surface area (Å²) in [6.45, 7) is -0.100. The minimum Gasteiger partial charge on any atom is -0.486 e. The van der Waals surface area contributed by atoms with Crippen molar-refractivity contribution in [3.05, 3.63) is 57.8 Å². The molecular weight excluding hydrogens is 349 g/mol.